The first-order chi connectivity index (χ1) is 5.95. The average molecular weight is 207 g/mol. The molecule has 0 atom stereocenters. The Kier molecular flexibility index (Phi) is 6.33. The van der Waals surface area contributed by atoms with Gasteiger partial charge in [0.2, 0.25) is 0 Å². The molecule has 0 saturated carbocycles. The second-order valence-corrected chi connectivity index (χ2v) is 5.02. The SMILES string of the molecule is CCCCC[C](C)CCS(=O)(=O)O. The van der Waals surface area contributed by atoms with Crippen LogP contribution in [0.2, 0.25) is 0 Å². The van der Waals surface area contributed by atoms with Crippen LogP contribution >= 0.6 is 0 Å². The summed E-state index contributed by atoms with van der Waals surface area (Å²) in [5.41, 5.74) is 0. The van der Waals surface area contributed by atoms with Gasteiger partial charge in [-0.1, -0.05) is 33.1 Å². The van der Waals surface area contributed by atoms with Crippen molar-refractivity contribution >= 4 is 10.1 Å². The number of rotatable bonds is 7. The van der Waals surface area contributed by atoms with E-state index in [9.17, 15) is 8.42 Å². The van der Waals surface area contributed by atoms with Crippen molar-refractivity contribution in [2.24, 2.45) is 0 Å². The van der Waals surface area contributed by atoms with Crippen molar-refractivity contribution in [2.75, 3.05) is 5.75 Å². The molecule has 0 rings (SSSR count). The first kappa shape index (κ1) is 12.9. The highest BCUT2D eigenvalue weighted by atomic mass is 32.2. The molecule has 0 aliphatic carbocycles. The van der Waals surface area contributed by atoms with Crippen LogP contribution in [0.4, 0.5) is 0 Å². The fraction of sp³-hybridized carbons (Fsp3) is 0.889. The molecule has 0 amide bonds. The third-order valence-corrected chi connectivity index (χ3v) is 2.71. The minimum atomic E-state index is -3.77. The maximum absolute atomic E-state index is 10.4. The van der Waals surface area contributed by atoms with Gasteiger partial charge in [0.15, 0.2) is 0 Å². The van der Waals surface area contributed by atoms with Crippen molar-refractivity contribution in [3.05, 3.63) is 5.92 Å². The van der Waals surface area contributed by atoms with E-state index in [1.165, 1.54) is 12.8 Å². The minimum Gasteiger partial charge on any atom is -0.286 e. The smallest absolute Gasteiger partial charge is 0.264 e. The second kappa shape index (κ2) is 6.38. The predicted molar refractivity (Wildman–Crippen MR) is 54.1 cm³/mol. The fourth-order valence-corrected chi connectivity index (χ4v) is 1.71. The Morgan fingerprint density at radius 2 is 1.85 bits per heavy atom. The highest BCUT2D eigenvalue weighted by Crippen LogP contribution is 2.15. The maximum atomic E-state index is 10.4. The normalized spacial score (nSPS) is 12.3. The van der Waals surface area contributed by atoms with Crippen LogP contribution in [0.5, 0.6) is 0 Å². The average Bonchev–Trinajstić information content (AvgIpc) is 2.00. The summed E-state index contributed by atoms with van der Waals surface area (Å²) in [4.78, 5) is 0. The van der Waals surface area contributed by atoms with Gasteiger partial charge in [-0.2, -0.15) is 8.42 Å². The maximum Gasteiger partial charge on any atom is 0.264 e. The highest BCUT2D eigenvalue weighted by molar-refractivity contribution is 7.85. The molecule has 0 aromatic rings. The van der Waals surface area contributed by atoms with Crippen molar-refractivity contribution in [3.8, 4) is 0 Å². The summed E-state index contributed by atoms with van der Waals surface area (Å²) in [5.74, 6) is 1.02. The van der Waals surface area contributed by atoms with E-state index in [4.69, 9.17) is 4.55 Å². The summed E-state index contributed by atoms with van der Waals surface area (Å²) >= 11 is 0. The Morgan fingerprint density at radius 3 is 2.31 bits per heavy atom. The molecule has 0 unspecified atom stereocenters. The van der Waals surface area contributed by atoms with Gasteiger partial charge in [-0.05, 0) is 18.8 Å². The standard InChI is InChI=1S/C9H19O3S/c1-3-4-5-6-9(2)7-8-13(10,11)12/h3-8H2,1-2H3,(H,10,11,12). The first-order valence-corrected chi connectivity index (χ1v) is 6.33. The van der Waals surface area contributed by atoms with Crippen molar-refractivity contribution in [1.29, 1.82) is 0 Å². The lowest BCUT2D eigenvalue weighted by Crippen LogP contribution is -2.07. The number of unbranched alkanes of at least 4 members (excludes halogenated alkanes) is 2. The van der Waals surface area contributed by atoms with Gasteiger partial charge in [0.05, 0.1) is 5.75 Å². The molecule has 1 radical (unpaired) electrons. The molecule has 3 nitrogen and oxygen atoms in total. The van der Waals surface area contributed by atoms with Gasteiger partial charge in [-0.3, -0.25) is 4.55 Å². The molecule has 0 saturated heterocycles. The van der Waals surface area contributed by atoms with E-state index in [2.05, 4.69) is 6.92 Å². The Bertz CT molecular complexity index is 209. The summed E-state index contributed by atoms with van der Waals surface area (Å²) in [6.07, 6.45) is 4.94. The summed E-state index contributed by atoms with van der Waals surface area (Å²) in [6.45, 7) is 4.08. The monoisotopic (exact) mass is 207 g/mol. The first-order valence-electron chi connectivity index (χ1n) is 4.72. The summed E-state index contributed by atoms with van der Waals surface area (Å²) in [6, 6.07) is 0. The molecule has 1 N–H and O–H groups in total. The van der Waals surface area contributed by atoms with Crippen LogP contribution in [0.25, 0.3) is 0 Å². The molecule has 0 aliphatic rings. The molecule has 79 valence electrons. The largest absolute Gasteiger partial charge is 0.286 e. The van der Waals surface area contributed by atoms with Gasteiger partial charge in [-0.15, -0.1) is 0 Å². The van der Waals surface area contributed by atoms with Crippen LogP contribution in [0.1, 0.15) is 46.0 Å². The molecule has 13 heavy (non-hydrogen) atoms. The molecular formula is C9H19O3S. The molecule has 0 bridgehead atoms. The lowest BCUT2D eigenvalue weighted by Gasteiger charge is -2.08. The van der Waals surface area contributed by atoms with E-state index in [1.807, 2.05) is 6.92 Å². The zero-order valence-corrected chi connectivity index (χ0v) is 9.23. The number of hydrogen-bond acceptors (Lipinski definition) is 2. The minimum absolute atomic E-state index is 0.134. The van der Waals surface area contributed by atoms with Crippen LogP contribution in [0, 0.1) is 5.92 Å². The van der Waals surface area contributed by atoms with E-state index in [-0.39, 0.29) is 5.75 Å². The Balaban J connectivity index is 3.46. The van der Waals surface area contributed by atoms with Crippen LogP contribution in [0.3, 0.4) is 0 Å². The Morgan fingerprint density at radius 1 is 1.23 bits per heavy atom. The van der Waals surface area contributed by atoms with Crippen molar-refractivity contribution in [1.82, 2.24) is 0 Å². The molecule has 0 heterocycles. The van der Waals surface area contributed by atoms with Crippen LogP contribution in [-0.4, -0.2) is 18.7 Å². The van der Waals surface area contributed by atoms with Crippen LogP contribution in [-0.2, 0) is 10.1 Å². The lowest BCUT2D eigenvalue weighted by atomic mass is 10.0. The Hall–Kier alpha value is -0.0900. The quantitative estimate of drug-likeness (QED) is 0.515. The zero-order valence-electron chi connectivity index (χ0n) is 8.41. The molecule has 0 fully saturated rings. The second-order valence-electron chi connectivity index (χ2n) is 3.45. The molecule has 4 heteroatoms. The fourth-order valence-electron chi connectivity index (χ4n) is 1.10. The van der Waals surface area contributed by atoms with Crippen molar-refractivity contribution in [3.63, 3.8) is 0 Å². The van der Waals surface area contributed by atoms with E-state index < -0.39 is 10.1 Å². The summed E-state index contributed by atoms with van der Waals surface area (Å²) in [5, 5.41) is 0. The van der Waals surface area contributed by atoms with Gasteiger partial charge < -0.3 is 0 Å². The Labute approximate surface area is 81.3 Å². The molecule has 0 aromatic carbocycles. The molecule has 0 spiro atoms. The third kappa shape index (κ3) is 9.83. The highest BCUT2D eigenvalue weighted by Gasteiger charge is 2.08. The zero-order chi connectivity index (χ0) is 10.3. The van der Waals surface area contributed by atoms with E-state index in [1.54, 1.807) is 0 Å². The van der Waals surface area contributed by atoms with E-state index >= 15 is 0 Å². The van der Waals surface area contributed by atoms with Gasteiger partial charge >= 0.3 is 0 Å². The van der Waals surface area contributed by atoms with Crippen molar-refractivity contribution < 1.29 is 13.0 Å². The van der Waals surface area contributed by atoms with Gasteiger partial charge in [-0.25, -0.2) is 0 Å². The summed E-state index contributed by atoms with van der Waals surface area (Å²) < 4.78 is 29.3. The predicted octanol–water partition coefficient (Wildman–Crippen LogP) is 2.44. The van der Waals surface area contributed by atoms with Gasteiger partial charge in [0, 0.05) is 0 Å². The topological polar surface area (TPSA) is 54.4 Å². The molecule has 0 aromatic heterocycles. The van der Waals surface area contributed by atoms with Crippen LogP contribution < -0.4 is 0 Å². The van der Waals surface area contributed by atoms with Gasteiger partial charge in [0.25, 0.3) is 10.1 Å². The van der Waals surface area contributed by atoms with Crippen LogP contribution in [0.15, 0.2) is 0 Å². The number of hydrogen-bond donors (Lipinski definition) is 1. The van der Waals surface area contributed by atoms with Crippen molar-refractivity contribution in [2.45, 2.75) is 46.0 Å². The molecule has 0 aliphatic heterocycles. The van der Waals surface area contributed by atoms with Gasteiger partial charge in [0.1, 0.15) is 0 Å². The van der Waals surface area contributed by atoms with E-state index in [0.29, 0.717) is 6.42 Å². The van der Waals surface area contributed by atoms with E-state index in [0.717, 1.165) is 18.8 Å². The summed E-state index contributed by atoms with van der Waals surface area (Å²) in [7, 11) is -3.77. The molecular weight excluding hydrogens is 188 g/mol. The lowest BCUT2D eigenvalue weighted by molar-refractivity contribution is 0.480. The third-order valence-electron chi connectivity index (χ3n) is 1.99.